The Hall–Kier alpha value is -0.960. The average molecular weight is 260 g/mol. The van der Waals surface area contributed by atoms with Crippen LogP contribution in [0.4, 0.5) is 0 Å². The molecule has 16 heavy (non-hydrogen) atoms. The fraction of sp³-hybridized carbons (Fsp3) is 0.273. The molecule has 1 rings (SSSR count). The predicted octanol–water partition coefficient (Wildman–Crippen LogP) is 1.01. The van der Waals surface area contributed by atoms with Crippen LogP contribution in [0.25, 0.3) is 0 Å². The van der Waals surface area contributed by atoms with Crippen LogP contribution in [-0.2, 0) is 10.0 Å². The summed E-state index contributed by atoms with van der Waals surface area (Å²) in [7, 11) is -3.14. The molecule has 0 unspecified atom stereocenters. The summed E-state index contributed by atoms with van der Waals surface area (Å²) >= 11 is 0. The lowest BCUT2D eigenvalue weighted by Gasteiger charge is -1.94. The molecule has 1 aromatic carbocycles. The second-order valence-corrected chi connectivity index (χ2v) is 5.09. The largest absolute Gasteiger partial charge is 0.213 e. The highest BCUT2D eigenvalue weighted by Crippen LogP contribution is 2.00. The Morgan fingerprint density at radius 3 is 2.31 bits per heavy atom. The molecule has 0 aliphatic rings. The Labute approximate surface area is 104 Å². The molecule has 88 valence electrons. The molecule has 0 spiro atoms. The van der Waals surface area contributed by atoms with Crippen LogP contribution < -0.4 is 4.72 Å². The second kappa shape index (κ2) is 6.59. The van der Waals surface area contributed by atoms with Crippen molar-refractivity contribution in [3.8, 4) is 11.8 Å². The van der Waals surface area contributed by atoms with Crippen LogP contribution in [0.1, 0.15) is 11.1 Å². The zero-order chi connectivity index (χ0) is 11.3. The quantitative estimate of drug-likeness (QED) is 0.807. The lowest BCUT2D eigenvalue weighted by atomic mass is 10.2. The molecule has 0 heterocycles. The monoisotopic (exact) mass is 260 g/mol. The van der Waals surface area contributed by atoms with Crippen molar-refractivity contribution in [1.29, 1.82) is 0 Å². The molecule has 5 heteroatoms. The highest BCUT2D eigenvalue weighted by atomic mass is 35.0. The van der Waals surface area contributed by atoms with Gasteiger partial charge in [0.15, 0.2) is 0 Å². The van der Waals surface area contributed by atoms with Gasteiger partial charge in [0.2, 0.25) is 10.0 Å². The molecule has 1 N–H and O–H groups in total. The first-order valence-corrected chi connectivity index (χ1v) is 6.37. The third-order valence-corrected chi connectivity index (χ3v) is 2.38. The van der Waals surface area contributed by atoms with Crippen molar-refractivity contribution in [1.82, 2.24) is 4.72 Å². The van der Waals surface area contributed by atoms with E-state index in [-0.39, 0.29) is 20.0 Å². The van der Waals surface area contributed by atoms with E-state index >= 15 is 0 Å². The van der Waals surface area contributed by atoms with E-state index in [1.54, 1.807) is 0 Å². The summed E-state index contributed by atoms with van der Waals surface area (Å²) in [6.07, 6.45) is 1.11. The zero-order valence-electron chi connectivity index (χ0n) is 9.24. The predicted molar refractivity (Wildman–Crippen MR) is 71.3 cm³/mol. The summed E-state index contributed by atoms with van der Waals surface area (Å²) in [5.41, 5.74) is 2.06. The number of rotatable bonds is 2. The molecule has 1 aromatic rings. The molecule has 0 atom stereocenters. The third kappa shape index (κ3) is 6.51. The number of benzene rings is 1. The van der Waals surface area contributed by atoms with E-state index in [4.69, 9.17) is 0 Å². The van der Waals surface area contributed by atoms with Gasteiger partial charge >= 0.3 is 0 Å². The lowest BCUT2D eigenvalue weighted by Crippen LogP contribution is -2.21. The van der Waals surface area contributed by atoms with E-state index in [1.165, 1.54) is 5.56 Å². The number of nitrogens with one attached hydrogen (secondary N) is 1. The van der Waals surface area contributed by atoms with Crippen molar-refractivity contribution < 1.29 is 8.42 Å². The van der Waals surface area contributed by atoms with Crippen molar-refractivity contribution in [3.05, 3.63) is 35.4 Å². The highest BCUT2D eigenvalue weighted by molar-refractivity contribution is 7.88. The molecule has 0 aromatic heterocycles. The Bertz CT molecular complexity index is 481. The Morgan fingerprint density at radius 2 is 1.81 bits per heavy atom. The van der Waals surface area contributed by atoms with Crippen LogP contribution in [0.5, 0.6) is 0 Å². The van der Waals surface area contributed by atoms with Gasteiger partial charge in [0.1, 0.15) is 0 Å². The molecule has 0 aliphatic carbocycles. The van der Waals surface area contributed by atoms with E-state index in [2.05, 4.69) is 16.6 Å². The van der Waals surface area contributed by atoms with Gasteiger partial charge in [-0.1, -0.05) is 29.5 Å². The van der Waals surface area contributed by atoms with E-state index in [0.29, 0.717) is 0 Å². The minimum absolute atomic E-state index is 0. The molecule has 0 aliphatic heterocycles. The van der Waals surface area contributed by atoms with Gasteiger partial charge < -0.3 is 0 Å². The van der Waals surface area contributed by atoms with Crippen LogP contribution in [0.2, 0.25) is 0 Å². The lowest BCUT2D eigenvalue weighted by molar-refractivity contribution is 0.592. The van der Waals surface area contributed by atoms with E-state index in [0.717, 1.165) is 11.8 Å². The number of hydrogen-bond acceptors (Lipinski definition) is 2. The summed E-state index contributed by atoms with van der Waals surface area (Å²) in [4.78, 5) is 0. The maximum absolute atomic E-state index is 10.7. The number of sulfonamides is 1. The van der Waals surface area contributed by atoms with Gasteiger partial charge in [-0.15, -0.1) is 0 Å². The van der Waals surface area contributed by atoms with Crippen LogP contribution in [0.3, 0.4) is 0 Å². The fourth-order valence-corrected chi connectivity index (χ4v) is 1.28. The molecule has 0 saturated heterocycles. The smallest absolute Gasteiger partial charge is 0.209 e. The summed E-state index contributed by atoms with van der Waals surface area (Å²) < 4.78 is 23.7. The summed E-state index contributed by atoms with van der Waals surface area (Å²) in [5, 5.41) is 0. The van der Waals surface area contributed by atoms with Crippen LogP contribution in [0, 0.1) is 18.8 Å². The van der Waals surface area contributed by atoms with E-state index in [9.17, 15) is 8.42 Å². The van der Waals surface area contributed by atoms with E-state index in [1.807, 2.05) is 31.2 Å². The summed E-state index contributed by atoms with van der Waals surface area (Å²) in [6.45, 7) is 2.15. The molecule has 0 radical (unpaired) electrons. The van der Waals surface area contributed by atoms with Gasteiger partial charge in [0.05, 0.1) is 12.8 Å². The van der Waals surface area contributed by atoms with Gasteiger partial charge in [-0.2, -0.15) is 13.5 Å². The topological polar surface area (TPSA) is 46.2 Å². The van der Waals surface area contributed by atoms with Gasteiger partial charge in [-0.25, -0.2) is 13.1 Å². The summed E-state index contributed by atoms with van der Waals surface area (Å²) in [6, 6.07) is 7.74. The molecular formula is C11H15NO2S2. The first-order chi connectivity index (χ1) is 6.97. The van der Waals surface area contributed by atoms with Crippen LogP contribution in [0.15, 0.2) is 24.3 Å². The highest BCUT2D eigenvalue weighted by Gasteiger charge is 1.95. The van der Waals surface area contributed by atoms with Gasteiger partial charge in [-0.3, -0.25) is 0 Å². The standard InChI is InChI=1S/C11H13NO2S.H2S/c1-10-5-7-11(8-6-10)4-3-9-12-15(2,13)14;/h5-8,12H,9H2,1-2H3;1H2/i;1+3. The molecule has 0 saturated carbocycles. The molecular weight excluding hydrogens is 245 g/mol. The van der Waals surface area contributed by atoms with Crippen molar-refractivity contribution in [2.75, 3.05) is 12.8 Å². The molecule has 0 bridgehead atoms. The van der Waals surface area contributed by atoms with Gasteiger partial charge in [0.25, 0.3) is 0 Å². The Morgan fingerprint density at radius 1 is 1.25 bits per heavy atom. The van der Waals surface area contributed by atoms with Crippen LogP contribution >= 0.6 is 13.5 Å². The van der Waals surface area contributed by atoms with Crippen molar-refractivity contribution >= 4 is 23.5 Å². The second-order valence-electron chi connectivity index (χ2n) is 3.26. The first kappa shape index (κ1) is 15.0. The Balaban J connectivity index is 0.00000225. The minimum Gasteiger partial charge on any atom is -0.213 e. The van der Waals surface area contributed by atoms with Gasteiger partial charge in [-0.05, 0) is 19.1 Å². The average Bonchev–Trinajstić information content (AvgIpc) is 2.14. The minimum atomic E-state index is -3.14. The maximum atomic E-state index is 10.7. The third-order valence-electron chi connectivity index (χ3n) is 1.71. The molecule has 3 nitrogen and oxygen atoms in total. The molecule has 0 amide bonds. The Kier molecular flexibility index (Phi) is 6.19. The van der Waals surface area contributed by atoms with Crippen molar-refractivity contribution in [2.45, 2.75) is 6.92 Å². The fourth-order valence-electron chi connectivity index (χ4n) is 0.950. The maximum Gasteiger partial charge on any atom is 0.209 e. The van der Waals surface area contributed by atoms with Crippen molar-refractivity contribution in [3.63, 3.8) is 0 Å². The van der Waals surface area contributed by atoms with Crippen molar-refractivity contribution in [2.24, 2.45) is 0 Å². The SMILES string of the molecule is Cc1ccc(C#CCNS(C)(=O)=O)cc1.[35SH2]. The van der Waals surface area contributed by atoms with Gasteiger partial charge in [0, 0.05) is 5.56 Å². The zero-order valence-corrected chi connectivity index (χ0v) is 11.1. The number of aryl methyl sites for hydroxylation is 1. The van der Waals surface area contributed by atoms with E-state index < -0.39 is 10.0 Å². The molecule has 0 fully saturated rings. The normalized spacial score (nSPS) is 9.88. The van der Waals surface area contributed by atoms with Crippen LogP contribution in [-0.4, -0.2) is 21.2 Å². The first-order valence-electron chi connectivity index (χ1n) is 4.47. The summed E-state index contributed by atoms with van der Waals surface area (Å²) in [5.74, 6) is 5.60. The number of hydrogen-bond donors (Lipinski definition) is 1.